The Hall–Kier alpha value is -1.68. The van der Waals surface area contributed by atoms with Crippen molar-refractivity contribution in [2.45, 2.75) is 20.0 Å². The van der Waals surface area contributed by atoms with Crippen molar-refractivity contribution in [1.82, 2.24) is 5.32 Å². The smallest absolute Gasteiger partial charge is 0.251 e. The van der Waals surface area contributed by atoms with Crippen LogP contribution in [0.4, 0.5) is 0 Å². The van der Waals surface area contributed by atoms with E-state index in [0.29, 0.717) is 17.7 Å². The molecule has 0 heterocycles. The quantitative estimate of drug-likeness (QED) is 0.789. The summed E-state index contributed by atoms with van der Waals surface area (Å²) in [5, 5.41) is 2.74. The molecule has 4 nitrogen and oxygen atoms in total. The molecule has 1 unspecified atom stereocenters. The molecule has 1 N–H and O–H groups in total. The van der Waals surface area contributed by atoms with Crippen molar-refractivity contribution in [1.29, 1.82) is 0 Å². The van der Waals surface area contributed by atoms with Gasteiger partial charge in [-0.05, 0) is 26.0 Å². The van der Waals surface area contributed by atoms with Crippen LogP contribution in [-0.4, -0.2) is 31.4 Å². The maximum atomic E-state index is 11.8. The number of methoxy groups -OCH3 is 1. The van der Waals surface area contributed by atoms with Gasteiger partial charge in [0.15, 0.2) is 5.78 Å². The van der Waals surface area contributed by atoms with E-state index >= 15 is 0 Å². The van der Waals surface area contributed by atoms with E-state index in [2.05, 4.69) is 5.32 Å². The highest BCUT2D eigenvalue weighted by Gasteiger charge is 2.09. The summed E-state index contributed by atoms with van der Waals surface area (Å²) in [4.78, 5) is 22.9. The molecule has 0 saturated carbocycles. The predicted octanol–water partition coefficient (Wildman–Crippen LogP) is 1.65. The first-order valence-corrected chi connectivity index (χ1v) is 5.46. The number of ether oxygens (including phenoxy) is 1. The topological polar surface area (TPSA) is 55.4 Å². The van der Waals surface area contributed by atoms with Crippen LogP contribution in [0.2, 0.25) is 0 Å². The van der Waals surface area contributed by atoms with Gasteiger partial charge in [-0.2, -0.15) is 0 Å². The molecule has 0 radical (unpaired) electrons. The minimum Gasteiger partial charge on any atom is -0.380 e. The van der Waals surface area contributed by atoms with Crippen molar-refractivity contribution in [2.75, 3.05) is 13.7 Å². The highest BCUT2D eigenvalue weighted by atomic mass is 16.5. The Balaban J connectivity index is 2.69. The van der Waals surface area contributed by atoms with Gasteiger partial charge in [0, 0.05) is 24.8 Å². The maximum absolute atomic E-state index is 11.8. The average Bonchev–Trinajstić information content (AvgIpc) is 2.35. The largest absolute Gasteiger partial charge is 0.380 e. The van der Waals surface area contributed by atoms with E-state index in [1.165, 1.54) is 6.92 Å². The number of hydrogen-bond donors (Lipinski definition) is 1. The lowest BCUT2D eigenvalue weighted by atomic mass is 10.1. The van der Waals surface area contributed by atoms with Gasteiger partial charge in [0.05, 0.1) is 6.10 Å². The average molecular weight is 235 g/mol. The van der Waals surface area contributed by atoms with Gasteiger partial charge in [-0.15, -0.1) is 0 Å². The second kappa shape index (κ2) is 6.15. The van der Waals surface area contributed by atoms with Gasteiger partial charge in [-0.3, -0.25) is 9.59 Å². The van der Waals surface area contributed by atoms with Crippen LogP contribution in [0.15, 0.2) is 24.3 Å². The van der Waals surface area contributed by atoms with Crippen molar-refractivity contribution in [3.8, 4) is 0 Å². The van der Waals surface area contributed by atoms with E-state index in [9.17, 15) is 9.59 Å². The molecular formula is C13H17NO3. The molecule has 0 bridgehead atoms. The molecular weight excluding hydrogens is 218 g/mol. The molecule has 0 aliphatic carbocycles. The summed E-state index contributed by atoms with van der Waals surface area (Å²) in [6.45, 7) is 3.79. The minimum absolute atomic E-state index is 0.0325. The van der Waals surface area contributed by atoms with Crippen molar-refractivity contribution >= 4 is 11.7 Å². The van der Waals surface area contributed by atoms with E-state index in [4.69, 9.17) is 4.74 Å². The Morgan fingerprint density at radius 2 is 2.00 bits per heavy atom. The third-order valence-electron chi connectivity index (χ3n) is 2.48. The lowest BCUT2D eigenvalue weighted by Gasteiger charge is -2.10. The summed E-state index contributed by atoms with van der Waals surface area (Å²) in [6, 6.07) is 6.66. The molecule has 17 heavy (non-hydrogen) atoms. The van der Waals surface area contributed by atoms with Crippen LogP contribution in [0.5, 0.6) is 0 Å². The molecule has 0 aromatic heterocycles. The zero-order valence-corrected chi connectivity index (χ0v) is 10.3. The molecule has 0 aliphatic heterocycles. The van der Waals surface area contributed by atoms with Crippen LogP contribution < -0.4 is 5.32 Å². The number of hydrogen-bond acceptors (Lipinski definition) is 3. The van der Waals surface area contributed by atoms with Crippen LogP contribution >= 0.6 is 0 Å². The molecule has 1 aromatic carbocycles. The number of benzene rings is 1. The molecule has 4 heteroatoms. The Morgan fingerprint density at radius 3 is 2.59 bits per heavy atom. The third kappa shape index (κ3) is 4.00. The first kappa shape index (κ1) is 13.4. The Bertz CT molecular complexity index is 415. The van der Waals surface area contributed by atoms with Crippen LogP contribution in [0, 0.1) is 0 Å². The summed E-state index contributed by atoms with van der Waals surface area (Å²) in [5.41, 5.74) is 1.03. The predicted molar refractivity (Wildman–Crippen MR) is 65.3 cm³/mol. The molecule has 1 aromatic rings. The van der Waals surface area contributed by atoms with Crippen LogP contribution in [0.25, 0.3) is 0 Å². The number of carbonyl (C=O) groups is 2. The molecule has 0 aliphatic rings. The Morgan fingerprint density at radius 1 is 1.35 bits per heavy atom. The van der Waals surface area contributed by atoms with Gasteiger partial charge in [0.2, 0.25) is 0 Å². The van der Waals surface area contributed by atoms with Gasteiger partial charge in [-0.1, -0.05) is 12.1 Å². The highest BCUT2D eigenvalue weighted by Crippen LogP contribution is 2.06. The van der Waals surface area contributed by atoms with Crippen molar-refractivity contribution < 1.29 is 14.3 Å². The summed E-state index contributed by atoms with van der Waals surface area (Å²) in [5.74, 6) is -0.248. The first-order valence-electron chi connectivity index (χ1n) is 5.46. The summed E-state index contributed by atoms with van der Waals surface area (Å²) < 4.78 is 5.03. The standard InChI is InChI=1S/C13H17NO3/c1-9(17-3)8-14-13(16)12-6-4-5-11(7-12)10(2)15/h4-7,9H,8H2,1-3H3,(H,14,16). The number of amides is 1. The fraction of sp³-hybridized carbons (Fsp3) is 0.385. The van der Waals surface area contributed by atoms with Crippen molar-refractivity contribution in [3.05, 3.63) is 35.4 Å². The maximum Gasteiger partial charge on any atom is 0.251 e. The van der Waals surface area contributed by atoms with E-state index < -0.39 is 0 Å². The Labute approximate surface area is 101 Å². The zero-order valence-electron chi connectivity index (χ0n) is 10.3. The number of ketones is 1. The molecule has 0 saturated heterocycles. The van der Waals surface area contributed by atoms with Crippen LogP contribution in [0.1, 0.15) is 34.6 Å². The number of Topliss-reactive ketones (excluding diaryl/α,β-unsaturated/α-hetero) is 1. The van der Waals surface area contributed by atoms with E-state index in [1.54, 1.807) is 31.4 Å². The van der Waals surface area contributed by atoms with Gasteiger partial charge in [-0.25, -0.2) is 0 Å². The summed E-state index contributed by atoms with van der Waals surface area (Å²) in [7, 11) is 1.59. The van der Waals surface area contributed by atoms with Crippen LogP contribution in [0.3, 0.4) is 0 Å². The van der Waals surface area contributed by atoms with Crippen LogP contribution in [-0.2, 0) is 4.74 Å². The monoisotopic (exact) mass is 235 g/mol. The minimum atomic E-state index is -0.197. The fourth-order valence-corrected chi connectivity index (χ4v) is 1.30. The van der Waals surface area contributed by atoms with Gasteiger partial charge in [0.1, 0.15) is 0 Å². The molecule has 1 amide bonds. The second-order valence-corrected chi connectivity index (χ2v) is 3.89. The van der Waals surface area contributed by atoms with Gasteiger partial charge in [0.25, 0.3) is 5.91 Å². The first-order chi connectivity index (χ1) is 8.04. The van der Waals surface area contributed by atoms with Gasteiger partial charge >= 0.3 is 0 Å². The van der Waals surface area contributed by atoms with E-state index in [-0.39, 0.29) is 17.8 Å². The normalized spacial score (nSPS) is 11.9. The lowest BCUT2D eigenvalue weighted by molar-refractivity contribution is 0.0870. The van der Waals surface area contributed by atoms with Gasteiger partial charge < -0.3 is 10.1 Å². The fourth-order valence-electron chi connectivity index (χ4n) is 1.30. The molecule has 0 spiro atoms. The molecule has 1 atom stereocenters. The number of carbonyl (C=O) groups excluding carboxylic acids is 2. The zero-order chi connectivity index (χ0) is 12.8. The van der Waals surface area contributed by atoms with E-state index in [0.717, 1.165) is 0 Å². The lowest BCUT2D eigenvalue weighted by Crippen LogP contribution is -2.31. The molecule has 1 rings (SSSR count). The highest BCUT2D eigenvalue weighted by molar-refractivity contribution is 5.99. The van der Waals surface area contributed by atoms with E-state index in [1.807, 2.05) is 6.92 Å². The summed E-state index contributed by atoms with van der Waals surface area (Å²) >= 11 is 0. The Kier molecular flexibility index (Phi) is 4.84. The third-order valence-corrected chi connectivity index (χ3v) is 2.48. The summed E-state index contributed by atoms with van der Waals surface area (Å²) in [6.07, 6.45) is -0.0325. The molecule has 0 fully saturated rings. The SMILES string of the molecule is COC(C)CNC(=O)c1cccc(C(C)=O)c1. The van der Waals surface area contributed by atoms with Crippen molar-refractivity contribution in [3.63, 3.8) is 0 Å². The van der Waals surface area contributed by atoms with Crippen molar-refractivity contribution in [2.24, 2.45) is 0 Å². The second-order valence-electron chi connectivity index (χ2n) is 3.89. The number of nitrogens with one attached hydrogen (secondary N) is 1. The number of rotatable bonds is 5. The molecule has 92 valence electrons.